The number of nitrogens with zero attached hydrogens (tertiary/aromatic N) is 2. The maximum absolute atomic E-state index is 13.1. The highest BCUT2D eigenvalue weighted by atomic mass is 19.1. The zero-order valence-electron chi connectivity index (χ0n) is 13.7. The van der Waals surface area contributed by atoms with E-state index in [0.29, 0.717) is 13.2 Å². The number of aromatic nitrogens is 2. The first kappa shape index (κ1) is 16.2. The number of halogens is 1. The molecule has 0 saturated heterocycles. The molecule has 0 bridgehead atoms. The van der Waals surface area contributed by atoms with Crippen LogP contribution in [0.1, 0.15) is 11.4 Å². The summed E-state index contributed by atoms with van der Waals surface area (Å²) < 4.78 is 25.6. The first-order chi connectivity index (χ1) is 11.7. The van der Waals surface area contributed by atoms with Crippen molar-refractivity contribution in [2.45, 2.75) is 13.2 Å². The van der Waals surface area contributed by atoms with Crippen LogP contribution in [0.4, 0.5) is 4.39 Å². The maximum atomic E-state index is 13.1. The minimum Gasteiger partial charge on any atom is -0.497 e. The Balaban J connectivity index is 1.89. The molecule has 0 amide bonds. The molecule has 3 rings (SSSR count). The topological polar surface area (TPSA) is 36.3 Å². The minimum absolute atomic E-state index is 0.256. The predicted molar refractivity (Wildman–Crippen MR) is 90.4 cm³/mol. The molecule has 0 N–H and O–H groups in total. The van der Waals surface area contributed by atoms with Crippen LogP contribution in [0.2, 0.25) is 0 Å². The van der Waals surface area contributed by atoms with Crippen LogP contribution in [0.5, 0.6) is 5.75 Å². The number of benzene rings is 2. The van der Waals surface area contributed by atoms with Gasteiger partial charge in [0.15, 0.2) is 0 Å². The van der Waals surface area contributed by atoms with Crippen LogP contribution >= 0.6 is 0 Å². The lowest BCUT2D eigenvalue weighted by atomic mass is 10.2. The first-order valence-corrected chi connectivity index (χ1v) is 7.63. The molecular weight excluding hydrogens is 307 g/mol. The molecular formula is C19H19FN2O2. The van der Waals surface area contributed by atoms with Gasteiger partial charge in [-0.2, -0.15) is 0 Å². The molecule has 24 heavy (non-hydrogen) atoms. The number of methoxy groups -OCH3 is 2. The van der Waals surface area contributed by atoms with Crippen molar-refractivity contribution >= 4 is 0 Å². The molecule has 0 fully saturated rings. The normalized spacial score (nSPS) is 10.8. The van der Waals surface area contributed by atoms with Gasteiger partial charge in [-0.05, 0) is 42.0 Å². The van der Waals surface area contributed by atoms with Crippen molar-refractivity contribution in [3.63, 3.8) is 0 Å². The monoisotopic (exact) mass is 326 g/mol. The lowest BCUT2D eigenvalue weighted by Crippen LogP contribution is -2.05. The zero-order valence-corrected chi connectivity index (χ0v) is 13.7. The Bertz CT molecular complexity index is 795. The van der Waals surface area contributed by atoms with Gasteiger partial charge in [0.05, 0.1) is 12.8 Å². The molecule has 0 saturated carbocycles. The van der Waals surface area contributed by atoms with Crippen LogP contribution in [0.3, 0.4) is 0 Å². The summed E-state index contributed by atoms with van der Waals surface area (Å²) >= 11 is 0. The number of hydrogen-bond acceptors (Lipinski definition) is 3. The summed E-state index contributed by atoms with van der Waals surface area (Å²) in [5.41, 5.74) is 2.81. The van der Waals surface area contributed by atoms with E-state index < -0.39 is 0 Å². The molecule has 3 aromatic rings. The highest BCUT2D eigenvalue weighted by molar-refractivity contribution is 5.58. The number of ether oxygens (including phenoxy) is 2. The van der Waals surface area contributed by atoms with E-state index in [2.05, 4.69) is 4.98 Å². The number of imidazole rings is 1. The minimum atomic E-state index is -0.256. The molecule has 0 aliphatic heterocycles. The molecule has 1 aromatic heterocycles. The summed E-state index contributed by atoms with van der Waals surface area (Å²) in [5, 5.41) is 0. The van der Waals surface area contributed by atoms with Crippen LogP contribution in [0, 0.1) is 5.82 Å². The van der Waals surface area contributed by atoms with Crippen LogP contribution in [-0.2, 0) is 17.9 Å². The highest BCUT2D eigenvalue weighted by Gasteiger charge is 2.10. The van der Waals surface area contributed by atoms with E-state index in [1.807, 2.05) is 35.0 Å². The summed E-state index contributed by atoms with van der Waals surface area (Å²) in [4.78, 5) is 4.62. The third kappa shape index (κ3) is 3.63. The van der Waals surface area contributed by atoms with Crippen molar-refractivity contribution in [1.82, 2.24) is 9.55 Å². The van der Waals surface area contributed by atoms with Crippen LogP contribution < -0.4 is 4.74 Å². The van der Waals surface area contributed by atoms with Crippen LogP contribution in [-0.4, -0.2) is 23.8 Å². The molecule has 2 aromatic carbocycles. The fourth-order valence-corrected chi connectivity index (χ4v) is 2.52. The van der Waals surface area contributed by atoms with Gasteiger partial charge in [-0.1, -0.05) is 12.1 Å². The Labute approximate surface area is 140 Å². The maximum Gasteiger partial charge on any atom is 0.135 e. The molecule has 0 unspecified atom stereocenters. The largest absolute Gasteiger partial charge is 0.497 e. The number of rotatable bonds is 6. The zero-order chi connectivity index (χ0) is 16.9. The molecule has 124 valence electrons. The Morgan fingerprint density at radius 1 is 1.00 bits per heavy atom. The predicted octanol–water partition coefficient (Wildman–Crippen LogP) is 3.89. The SMILES string of the molecule is COCc1nc(-c2ccc(F)cc2)cn1Cc1ccc(OC)cc1. The smallest absolute Gasteiger partial charge is 0.135 e. The van der Waals surface area contributed by atoms with E-state index in [0.717, 1.165) is 28.4 Å². The summed E-state index contributed by atoms with van der Waals surface area (Å²) in [7, 11) is 3.29. The fourth-order valence-electron chi connectivity index (χ4n) is 2.52. The Morgan fingerprint density at radius 2 is 1.71 bits per heavy atom. The summed E-state index contributed by atoms with van der Waals surface area (Å²) in [5.74, 6) is 1.40. The van der Waals surface area contributed by atoms with Crippen molar-refractivity contribution in [1.29, 1.82) is 0 Å². The molecule has 1 heterocycles. The molecule has 5 heteroatoms. The fraction of sp³-hybridized carbons (Fsp3) is 0.211. The second-order valence-corrected chi connectivity index (χ2v) is 5.46. The molecule has 0 atom stereocenters. The molecule has 0 aliphatic carbocycles. The molecule has 4 nitrogen and oxygen atoms in total. The van der Waals surface area contributed by atoms with Gasteiger partial charge in [0.1, 0.15) is 24.0 Å². The Kier molecular flexibility index (Phi) is 4.91. The lowest BCUT2D eigenvalue weighted by Gasteiger charge is -2.08. The second-order valence-electron chi connectivity index (χ2n) is 5.46. The second kappa shape index (κ2) is 7.27. The third-order valence-electron chi connectivity index (χ3n) is 3.78. The molecule has 0 aliphatic rings. The van der Waals surface area contributed by atoms with Gasteiger partial charge in [0.2, 0.25) is 0 Å². The summed E-state index contributed by atoms with van der Waals surface area (Å²) in [6.45, 7) is 1.09. The van der Waals surface area contributed by atoms with Gasteiger partial charge in [-0.3, -0.25) is 0 Å². The summed E-state index contributed by atoms with van der Waals surface area (Å²) in [6.07, 6.45) is 1.96. The van der Waals surface area contributed by atoms with Crippen molar-refractivity contribution in [3.05, 3.63) is 71.9 Å². The van der Waals surface area contributed by atoms with E-state index in [9.17, 15) is 4.39 Å². The lowest BCUT2D eigenvalue weighted by molar-refractivity contribution is 0.175. The molecule has 0 spiro atoms. The van der Waals surface area contributed by atoms with Crippen molar-refractivity contribution in [2.24, 2.45) is 0 Å². The average molecular weight is 326 g/mol. The standard InChI is InChI=1S/C19H19FN2O2/c1-23-13-19-21-18(15-5-7-16(20)8-6-15)12-22(19)11-14-3-9-17(24-2)10-4-14/h3-10,12H,11,13H2,1-2H3. The van der Waals surface area contributed by atoms with Gasteiger partial charge < -0.3 is 14.0 Å². The average Bonchev–Trinajstić information content (AvgIpc) is 2.99. The Hall–Kier alpha value is -2.66. The van der Waals surface area contributed by atoms with E-state index in [4.69, 9.17) is 9.47 Å². The van der Waals surface area contributed by atoms with E-state index >= 15 is 0 Å². The van der Waals surface area contributed by atoms with Crippen LogP contribution in [0.15, 0.2) is 54.7 Å². The van der Waals surface area contributed by atoms with Crippen molar-refractivity contribution in [2.75, 3.05) is 14.2 Å². The van der Waals surface area contributed by atoms with E-state index in [1.54, 1.807) is 26.4 Å². The van der Waals surface area contributed by atoms with Gasteiger partial charge in [0, 0.05) is 25.4 Å². The Morgan fingerprint density at radius 3 is 2.33 bits per heavy atom. The first-order valence-electron chi connectivity index (χ1n) is 7.63. The van der Waals surface area contributed by atoms with Gasteiger partial charge in [0.25, 0.3) is 0 Å². The van der Waals surface area contributed by atoms with Gasteiger partial charge in [-0.25, -0.2) is 9.37 Å². The third-order valence-corrected chi connectivity index (χ3v) is 3.78. The summed E-state index contributed by atoms with van der Waals surface area (Å²) in [6, 6.07) is 14.2. The van der Waals surface area contributed by atoms with E-state index in [-0.39, 0.29) is 5.82 Å². The quantitative estimate of drug-likeness (QED) is 0.689. The van der Waals surface area contributed by atoms with Crippen molar-refractivity contribution < 1.29 is 13.9 Å². The number of hydrogen-bond donors (Lipinski definition) is 0. The highest BCUT2D eigenvalue weighted by Crippen LogP contribution is 2.21. The van der Waals surface area contributed by atoms with Gasteiger partial charge in [-0.15, -0.1) is 0 Å². The van der Waals surface area contributed by atoms with Gasteiger partial charge >= 0.3 is 0 Å². The van der Waals surface area contributed by atoms with E-state index in [1.165, 1.54) is 12.1 Å². The van der Waals surface area contributed by atoms with Crippen molar-refractivity contribution in [3.8, 4) is 17.0 Å². The molecule has 0 radical (unpaired) electrons. The van der Waals surface area contributed by atoms with Crippen LogP contribution in [0.25, 0.3) is 11.3 Å².